The standard InChI is InChI=1S/C17H32N4O3/c1-13-6-4-5-7-14(13)19-16(22)11-24-20-15(18)10-21-8-9-23-17(2,3)12-21/h13-14H,4-12H2,1-3H3,(H2,18,20)(H,19,22)/p+2. The van der Waals surface area contributed by atoms with Crippen molar-refractivity contribution in [3.8, 4) is 0 Å². The normalized spacial score (nSPS) is 30.6. The van der Waals surface area contributed by atoms with E-state index in [-0.39, 0.29) is 24.2 Å². The molecule has 2 aliphatic rings. The van der Waals surface area contributed by atoms with Crippen molar-refractivity contribution in [1.29, 1.82) is 0 Å². The number of carbonyl (C=O) groups is 1. The Hall–Kier alpha value is -1.34. The maximum Gasteiger partial charge on any atom is 0.335 e. The van der Waals surface area contributed by atoms with Crippen LogP contribution in [0.5, 0.6) is 0 Å². The van der Waals surface area contributed by atoms with Crippen LogP contribution in [0.3, 0.4) is 0 Å². The smallest absolute Gasteiger partial charge is 0.335 e. The molecular weight excluding hydrogens is 308 g/mol. The quantitative estimate of drug-likeness (QED) is 0.249. The molecule has 1 aliphatic heterocycles. The molecule has 0 aromatic carbocycles. The number of hydrogen-bond acceptors (Lipinski definition) is 3. The van der Waals surface area contributed by atoms with Crippen molar-refractivity contribution in [2.75, 3.05) is 32.8 Å². The van der Waals surface area contributed by atoms with Crippen molar-refractivity contribution in [2.45, 2.75) is 58.1 Å². The Balaban J connectivity index is 1.67. The van der Waals surface area contributed by atoms with Crippen LogP contribution in [0.25, 0.3) is 0 Å². The maximum atomic E-state index is 12.0. The second kappa shape index (κ2) is 8.67. The first-order valence-corrected chi connectivity index (χ1v) is 9.12. The molecule has 0 bridgehead atoms. The molecule has 3 atom stereocenters. The zero-order valence-electron chi connectivity index (χ0n) is 15.3. The summed E-state index contributed by atoms with van der Waals surface area (Å²) in [5.74, 6) is 0.996. The van der Waals surface area contributed by atoms with Gasteiger partial charge in [-0.25, -0.2) is 0 Å². The number of rotatable bonds is 6. The first-order chi connectivity index (χ1) is 11.4. The van der Waals surface area contributed by atoms with Crippen molar-refractivity contribution in [1.82, 2.24) is 5.32 Å². The number of quaternary nitrogens is 1. The third kappa shape index (κ3) is 6.28. The van der Waals surface area contributed by atoms with Crippen LogP contribution >= 0.6 is 0 Å². The van der Waals surface area contributed by atoms with Gasteiger partial charge in [-0.3, -0.25) is 10.5 Å². The van der Waals surface area contributed by atoms with Crippen LogP contribution in [0.1, 0.15) is 46.5 Å². The van der Waals surface area contributed by atoms with Crippen molar-refractivity contribution >= 4 is 11.7 Å². The fourth-order valence-corrected chi connectivity index (χ4v) is 3.64. The number of hydrogen-bond donors (Lipinski definition) is 4. The maximum absolute atomic E-state index is 12.0. The van der Waals surface area contributed by atoms with E-state index in [1.54, 1.807) is 0 Å². The molecule has 5 N–H and O–H groups in total. The van der Waals surface area contributed by atoms with Crippen LogP contribution in [0.15, 0.2) is 0 Å². The number of morpholine rings is 1. The van der Waals surface area contributed by atoms with E-state index in [9.17, 15) is 4.79 Å². The van der Waals surface area contributed by atoms with Crippen LogP contribution in [0.2, 0.25) is 0 Å². The monoisotopic (exact) mass is 342 g/mol. The molecule has 0 aromatic heterocycles. The third-order valence-electron chi connectivity index (χ3n) is 4.93. The van der Waals surface area contributed by atoms with Gasteiger partial charge in [-0.2, -0.15) is 0 Å². The second-order valence-corrected chi connectivity index (χ2v) is 7.81. The Morgan fingerprint density at radius 3 is 2.88 bits per heavy atom. The molecule has 7 nitrogen and oxygen atoms in total. The Morgan fingerprint density at radius 1 is 1.42 bits per heavy atom. The lowest BCUT2D eigenvalue weighted by Gasteiger charge is -2.34. The van der Waals surface area contributed by atoms with E-state index >= 15 is 0 Å². The highest BCUT2D eigenvalue weighted by molar-refractivity contribution is 5.77. The van der Waals surface area contributed by atoms with Gasteiger partial charge in [0.25, 0.3) is 5.91 Å². The van der Waals surface area contributed by atoms with E-state index in [0.29, 0.717) is 18.3 Å². The van der Waals surface area contributed by atoms with Crippen LogP contribution in [0.4, 0.5) is 0 Å². The molecule has 24 heavy (non-hydrogen) atoms. The first kappa shape index (κ1) is 19.0. The van der Waals surface area contributed by atoms with Crippen LogP contribution in [0, 0.1) is 5.92 Å². The molecule has 0 aromatic rings. The number of ether oxygens (including phenoxy) is 1. The fourth-order valence-electron chi connectivity index (χ4n) is 3.64. The molecule has 1 saturated carbocycles. The number of nitrogens with one attached hydrogen (secondary N) is 3. The predicted octanol–water partition coefficient (Wildman–Crippen LogP) is -2.26. The predicted molar refractivity (Wildman–Crippen MR) is 91.3 cm³/mol. The summed E-state index contributed by atoms with van der Waals surface area (Å²) in [6, 6.07) is 0.274. The molecular formula is C17H34N4O3+2. The van der Waals surface area contributed by atoms with E-state index in [4.69, 9.17) is 15.3 Å². The summed E-state index contributed by atoms with van der Waals surface area (Å²) in [4.78, 5) is 18.6. The van der Waals surface area contributed by atoms with Gasteiger partial charge in [-0.15, -0.1) is 0 Å². The Kier molecular flexibility index (Phi) is 6.86. The Morgan fingerprint density at radius 2 is 2.17 bits per heavy atom. The average Bonchev–Trinajstić information content (AvgIpc) is 2.48. The molecule has 1 aliphatic carbocycles. The topological polar surface area (TPSA) is 92.0 Å². The summed E-state index contributed by atoms with van der Waals surface area (Å²) in [5.41, 5.74) is 5.85. The van der Waals surface area contributed by atoms with Crippen molar-refractivity contribution in [2.24, 2.45) is 11.7 Å². The fraction of sp³-hybridized carbons (Fsp3) is 0.882. The molecule has 7 heteroatoms. The van der Waals surface area contributed by atoms with E-state index < -0.39 is 0 Å². The van der Waals surface area contributed by atoms with Gasteiger partial charge in [0.15, 0.2) is 6.54 Å². The Labute approximate surface area is 144 Å². The van der Waals surface area contributed by atoms with Crippen molar-refractivity contribution in [3.63, 3.8) is 0 Å². The van der Waals surface area contributed by atoms with Gasteiger partial charge in [-0.05, 0) is 32.6 Å². The number of nitrogens with two attached hydrogens (primary N) is 1. The minimum Gasteiger partial charge on any atom is -0.364 e. The van der Waals surface area contributed by atoms with Crippen LogP contribution in [-0.2, 0) is 14.4 Å². The molecule has 3 unspecified atom stereocenters. The highest BCUT2D eigenvalue weighted by Crippen LogP contribution is 2.23. The van der Waals surface area contributed by atoms with Gasteiger partial charge in [0.2, 0.25) is 6.61 Å². The Bertz CT molecular complexity index is 453. The lowest BCUT2D eigenvalue weighted by molar-refractivity contribution is -0.910. The van der Waals surface area contributed by atoms with Crippen LogP contribution in [-0.4, -0.2) is 56.2 Å². The van der Waals surface area contributed by atoms with Gasteiger partial charge in [0.1, 0.15) is 18.7 Å². The van der Waals surface area contributed by atoms with Crippen LogP contribution < -0.4 is 21.1 Å². The number of carbonyl (C=O) groups excluding carboxylic acids is 1. The van der Waals surface area contributed by atoms with E-state index in [1.807, 2.05) is 0 Å². The summed E-state index contributed by atoms with van der Waals surface area (Å²) in [5, 5.41) is 5.77. The third-order valence-corrected chi connectivity index (χ3v) is 4.93. The van der Waals surface area contributed by atoms with Gasteiger partial charge < -0.3 is 19.8 Å². The number of amidine groups is 1. The minimum absolute atomic E-state index is 0.0200. The largest absolute Gasteiger partial charge is 0.364 e. The first-order valence-electron chi connectivity index (χ1n) is 9.12. The van der Waals surface area contributed by atoms with Gasteiger partial charge in [0, 0.05) is 6.04 Å². The summed E-state index contributed by atoms with van der Waals surface area (Å²) in [6.45, 7) is 9.56. The van der Waals surface area contributed by atoms with Gasteiger partial charge in [0.05, 0.1) is 6.61 Å². The zero-order valence-corrected chi connectivity index (χ0v) is 15.3. The summed E-state index contributed by atoms with van der Waals surface area (Å²) >= 11 is 0. The summed E-state index contributed by atoms with van der Waals surface area (Å²) < 4.78 is 5.70. The highest BCUT2D eigenvalue weighted by Gasteiger charge is 2.31. The minimum atomic E-state index is -0.120. The average molecular weight is 342 g/mol. The van der Waals surface area contributed by atoms with Crippen molar-refractivity contribution in [3.05, 3.63) is 0 Å². The molecule has 138 valence electrons. The second-order valence-electron chi connectivity index (χ2n) is 7.81. The molecule has 1 amide bonds. The molecule has 2 rings (SSSR count). The lowest BCUT2D eigenvalue weighted by atomic mass is 9.86. The summed E-state index contributed by atoms with van der Waals surface area (Å²) in [6.07, 6.45) is 4.69. The van der Waals surface area contributed by atoms with E-state index in [1.165, 1.54) is 24.2 Å². The van der Waals surface area contributed by atoms with Gasteiger partial charge in [-0.1, -0.05) is 24.9 Å². The molecule has 0 radical (unpaired) electrons. The molecule has 1 saturated heterocycles. The molecule has 0 spiro atoms. The molecule has 2 fully saturated rings. The number of amides is 1. The highest BCUT2D eigenvalue weighted by atomic mass is 16.6. The lowest BCUT2D eigenvalue weighted by Crippen LogP contribution is -3.17. The summed E-state index contributed by atoms with van der Waals surface area (Å²) in [7, 11) is 0. The molecule has 1 heterocycles. The van der Waals surface area contributed by atoms with E-state index in [2.05, 4.69) is 31.2 Å². The SMILES string of the molecule is CC1CCCCC1NC(=O)CO/[NH+]=C(\N)C[NH+]1CCOC(C)(C)C1. The van der Waals surface area contributed by atoms with Crippen molar-refractivity contribution < 1.29 is 24.4 Å². The van der Waals surface area contributed by atoms with E-state index in [0.717, 1.165) is 26.1 Å². The van der Waals surface area contributed by atoms with Gasteiger partial charge >= 0.3 is 5.84 Å². The zero-order chi connectivity index (χ0) is 17.6.